The summed E-state index contributed by atoms with van der Waals surface area (Å²) in [6, 6.07) is 1.89. The van der Waals surface area contributed by atoms with Crippen LogP contribution in [0.1, 0.15) is 0 Å². The van der Waals surface area contributed by atoms with Crippen molar-refractivity contribution >= 4 is 27.0 Å². The maximum atomic E-state index is 4.17. The highest BCUT2D eigenvalue weighted by molar-refractivity contribution is 9.10. The number of aromatic nitrogens is 3. The van der Waals surface area contributed by atoms with Gasteiger partial charge in [0.1, 0.15) is 10.1 Å². The molecule has 0 aliphatic carbocycles. The summed E-state index contributed by atoms with van der Waals surface area (Å²) in [7, 11) is 1.95. The molecule has 3 nitrogen and oxygen atoms in total. The van der Waals surface area contributed by atoms with Crippen molar-refractivity contribution in [3.05, 3.63) is 23.2 Å². The second-order valence-corrected chi connectivity index (χ2v) is 3.08. The molecule has 2 aromatic heterocycles. The van der Waals surface area contributed by atoms with Crippen LogP contribution in [0.3, 0.4) is 0 Å². The van der Waals surface area contributed by atoms with Crippen molar-refractivity contribution in [1.82, 2.24) is 14.5 Å². The topological polar surface area (TPSA) is 30.7 Å². The van der Waals surface area contributed by atoms with Crippen molar-refractivity contribution in [3.8, 4) is 0 Å². The van der Waals surface area contributed by atoms with E-state index in [-0.39, 0.29) is 0 Å². The molecule has 0 saturated heterocycles. The lowest BCUT2D eigenvalue weighted by molar-refractivity contribution is 0.941. The number of nitrogens with zero attached hydrogens (tertiary/aromatic N) is 3. The molecule has 0 atom stereocenters. The Kier molecular flexibility index (Phi) is 1.42. The van der Waals surface area contributed by atoms with Crippen LogP contribution < -0.4 is 0 Å². The summed E-state index contributed by atoms with van der Waals surface area (Å²) >= 11 is 3.35. The molecule has 11 heavy (non-hydrogen) atoms. The molecule has 0 radical (unpaired) electrons. The van der Waals surface area contributed by atoms with E-state index < -0.39 is 0 Å². The predicted molar refractivity (Wildman–Crippen MR) is 46.2 cm³/mol. The van der Waals surface area contributed by atoms with Crippen molar-refractivity contribution < 1.29 is 0 Å². The van der Waals surface area contributed by atoms with Gasteiger partial charge in [0, 0.05) is 13.2 Å². The van der Waals surface area contributed by atoms with E-state index in [2.05, 4.69) is 25.9 Å². The van der Waals surface area contributed by atoms with E-state index >= 15 is 0 Å². The van der Waals surface area contributed by atoms with Gasteiger partial charge in [-0.3, -0.25) is 0 Å². The summed E-state index contributed by atoms with van der Waals surface area (Å²) in [4.78, 5) is 8.27. The minimum Gasteiger partial charge on any atom is -0.332 e. The number of pyridine rings is 1. The standard InChI is InChI=1S/C7H6BrN3/c1-11-4-10-5-2-3-9-7(8)6(5)11/h2-4H,1H3. The van der Waals surface area contributed by atoms with E-state index in [0.29, 0.717) is 0 Å². The minimum absolute atomic E-state index is 0.843. The van der Waals surface area contributed by atoms with Gasteiger partial charge >= 0.3 is 0 Å². The van der Waals surface area contributed by atoms with Gasteiger partial charge in [-0.1, -0.05) is 0 Å². The highest BCUT2D eigenvalue weighted by Gasteiger charge is 2.02. The van der Waals surface area contributed by atoms with Gasteiger partial charge < -0.3 is 4.57 Å². The maximum absolute atomic E-state index is 4.17. The molecule has 2 aromatic rings. The smallest absolute Gasteiger partial charge is 0.131 e. The largest absolute Gasteiger partial charge is 0.332 e. The van der Waals surface area contributed by atoms with Crippen LogP contribution in [0.5, 0.6) is 0 Å². The zero-order chi connectivity index (χ0) is 7.84. The SMILES string of the molecule is Cn1cnc2ccnc(Br)c21. The Morgan fingerprint density at radius 3 is 3.00 bits per heavy atom. The summed E-state index contributed by atoms with van der Waals surface area (Å²) < 4.78 is 2.78. The van der Waals surface area contributed by atoms with Crippen molar-refractivity contribution in [2.75, 3.05) is 0 Å². The first-order valence-corrected chi connectivity index (χ1v) is 4.00. The second-order valence-electron chi connectivity index (χ2n) is 2.32. The van der Waals surface area contributed by atoms with Gasteiger partial charge in [0.15, 0.2) is 0 Å². The molecule has 0 unspecified atom stereocenters. The lowest BCUT2D eigenvalue weighted by Crippen LogP contribution is -1.86. The molecule has 4 heteroatoms. The summed E-state index contributed by atoms with van der Waals surface area (Å²) in [5, 5.41) is 0. The third-order valence-electron chi connectivity index (χ3n) is 1.58. The summed E-state index contributed by atoms with van der Waals surface area (Å²) in [6.45, 7) is 0. The van der Waals surface area contributed by atoms with Gasteiger partial charge in [-0.2, -0.15) is 0 Å². The van der Waals surface area contributed by atoms with Gasteiger partial charge in [-0.05, 0) is 22.0 Å². The number of hydrogen-bond donors (Lipinski definition) is 0. The normalized spacial score (nSPS) is 10.7. The number of fused-ring (bicyclic) bond motifs is 1. The third-order valence-corrected chi connectivity index (χ3v) is 2.16. The Morgan fingerprint density at radius 1 is 1.45 bits per heavy atom. The molecule has 0 spiro atoms. The quantitative estimate of drug-likeness (QED) is 0.622. The maximum Gasteiger partial charge on any atom is 0.131 e. The van der Waals surface area contributed by atoms with Gasteiger partial charge in [-0.25, -0.2) is 9.97 Å². The highest BCUT2D eigenvalue weighted by Crippen LogP contribution is 2.18. The van der Waals surface area contributed by atoms with Crippen LogP contribution in [0.2, 0.25) is 0 Å². The lowest BCUT2D eigenvalue weighted by atomic mass is 10.4. The van der Waals surface area contributed by atoms with Gasteiger partial charge in [0.25, 0.3) is 0 Å². The third kappa shape index (κ3) is 0.939. The number of rotatable bonds is 0. The Balaban J connectivity index is 2.96. The van der Waals surface area contributed by atoms with Crippen LogP contribution in [0.25, 0.3) is 11.0 Å². The predicted octanol–water partition coefficient (Wildman–Crippen LogP) is 1.73. The molecule has 0 bridgehead atoms. The van der Waals surface area contributed by atoms with E-state index in [1.807, 2.05) is 17.7 Å². The number of imidazole rings is 1. The van der Waals surface area contributed by atoms with Gasteiger partial charge in [-0.15, -0.1) is 0 Å². The molecule has 0 aromatic carbocycles. The average Bonchev–Trinajstić information content (AvgIpc) is 2.34. The summed E-state index contributed by atoms with van der Waals surface area (Å²) in [5.74, 6) is 0. The zero-order valence-corrected chi connectivity index (χ0v) is 7.54. The van der Waals surface area contributed by atoms with Gasteiger partial charge in [0.2, 0.25) is 0 Å². The van der Waals surface area contributed by atoms with Crippen LogP contribution in [-0.2, 0) is 7.05 Å². The Bertz CT molecular complexity index is 393. The molecule has 0 aliphatic rings. The fraction of sp³-hybridized carbons (Fsp3) is 0.143. The molecule has 0 saturated carbocycles. The first-order valence-electron chi connectivity index (χ1n) is 3.20. The Morgan fingerprint density at radius 2 is 2.27 bits per heavy atom. The van der Waals surface area contributed by atoms with Crippen LogP contribution in [-0.4, -0.2) is 14.5 Å². The molecule has 0 amide bonds. The van der Waals surface area contributed by atoms with Crippen molar-refractivity contribution in [2.45, 2.75) is 0 Å². The lowest BCUT2D eigenvalue weighted by Gasteiger charge is -1.94. The van der Waals surface area contributed by atoms with E-state index in [4.69, 9.17) is 0 Å². The van der Waals surface area contributed by atoms with E-state index in [0.717, 1.165) is 15.6 Å². The number of hydrogen-bond acceptors (Lipinski definition) is 2. The summed E-state index contributed by atoms with van der Waals surface area (Å²) in [5.41, 5.74) is 2.00. The van der Waals surface area contributed by atoms with Crippen LogP contribution >= 0.6 is 15.9 Å². The van der Waals surface area contributed by atoms with Crippen molar-refractivity contribution in [2.24, 2.45) is 7.05 Å². The molecule has 0 fully saturated rings. The molecular formula is C7H6BrN3. The van der Waals surface area contributed by atoms with E-state index in [9.17, 15) is 0 Å². The van der Waals surface area contributed by atoms with Crippen LogP contribution in [0, 0.1) is 0 Å². The van der Waals surface area contributed by atoms with E-state index in [1.54, 1.807) is 12.5 Å². The molecular weight excluding hydrogens is 206 g/mol. The number of aryl methyl sites for hydroxylation is 1. The molecule has 0 N–H and O–H groups in total. The van der Waals surface area contributed by atoms with Crippen LogP contribution in [0.15, 0.2) is 23.2 Å². The molecule has 2 heterocycles. The molecule has 56 valence electrons. The van der Waals surface area contributed by atoms with Crippen LogP contribution in [0.4, 0.5) is 0 Å². The van der Waals surface area contributed by atoms with Crippen molar-refractivity contribution in [3.63, 3.8) is 0 Å². The fourth-order valence-electron chi connectivity index (χ4n) is 1.06. The first kappa shape index (κ1) is 6.79. The van der Waals surface area contributed by atoms with Gasteiger partial charge in [0.05, 0.1) is 11.8 Å². The second kappa shape index (κ2) is 2.30. The van der Waals surface area contributed by atoms with E-state index in [1.165, 1.54) is 0 Å². The summed E-state index contributed by atoms with van der Waals surface area (Å²) in [6.07, 6.45) is 3.51. The van der Waals surface area contributed by atoms with Crippen molar-refractivity contribution in [1.29, 1.82) is 0 Å². The fourth-order valence-corrected chi connectivity index (χ4v) is 1.66. The monoisotopic (exact) mass is 211 g/mol. The Labute approximate surface area is 72.2 Å². The first-order chi connectivity index (χ1) is 5.29. The zero-order valence-electron chi connectivity index (χ0n) is 5.95. The molecule has 2 rings (SSSR count). The Hall–Kier alpha value is -0.900. The minimum atomic E-state index is 0.843. The molecule has 0 aliphatic heterocycles. The highest BCUT2D eigenvalue weighted by atomic mass is 79.9. The number of halogens is 1. The average molecular weight is 212 g/mol.